The minimum Gasteiger partial charge on any atom is -0.315 e. The normalized spacial score (nSPS) is 22.6. The number of hydrogen-bond donors (Lipinski definition) is 0. The van der Waals surface area contributed by atoms with Crippen molar-refractivity contribution in [3.63, 3.8) is 0 Å². The summed E-state index contributed by atoms with van der Waals surface area (Å²) in [6.45, 7) is 6.70. The van der Waals surface area contributed by atoms with Crippen molar-refractivity contribution in [2.45, 2.75) is 69.7 Å². The summed E-state index contributed by atoms with van der Waals surface area (Å²) in [5.74, 6) is 0.337. The van der Waals surface area contributed by atoms with E-state index in [4.69, 9.17) is 0 Å². The first-order chi connectivity index (χ1) is 13.7. The van der Waals surface area contributed by atoms with Gasteiger partial charge in [0.2, 0.25) is 10.0 Å². The maximum Gasteiger partial charge on any atom is 0.243 e. The summed E-state index contributed by atoms with van der Waals surface area (Å²) in [6.07, 6.45) is 7.08. The molecule has 8 heteroatoms. The summed E-state index contributed by atoms with van der Waals surface area (Å²) in [6, 6.07) is 4.18. The first-order valence-electron chi connectivity index (χ1n) is 10.4. The predicted octanol–water partition coefficient (Wildman–Crippen LogP) is 4.05. The minimum absolute atomic E-state index is 0.00339. The molecule has 1 unspecified atom stereocenters. The van der Waals surface area contributed by atoms with Gasteiger partial charge < -0.3 is 4.57 Å². The van der Waals surface area contributed by atoms with E-state index >= 15 is 0 Å². The van der Waals surface area contributed by atoms with Gasteiger partial charge in [-0.05, 0) is 56.7 Å². The number of hydrogen-bond acceptors (Lipinski definition) is 4. The molecule has 0 amide bonds. The Morgan fingerprint density at radius 2 is 1.93 bits per heavy atom. The van der Waals surface area contributed by atoms with Crippen LogP contribution >= 0.6 is 0 Å². The van der Waals surface area contributed by atoms with Crippen LogP contribution in [0.1, 0.15) is 69.3 Å². The SMILES string of the molecule is Cc1ccc(F)cc1S(=O)(=O)N1CC(c2nncn2C(C)C)C2(CCCCC2)C1. The Balaban J connectivity index is 1.76. The van der Waals surface area contributed by atoms with Crippen LogP contribution in [0.25, 0.3) is 0 Å². The lowest BCUT2D eigenvalue weighted by Crippen LogP contribution is -2.35. The van der Waals surface area contributed by atoms with Crippen LogP contribution in [-0.4, -0.2) is 40.6 Å². The molecule has 2 fully saturated rings. The largest absolute Gasteiger partial charge is 0.315 e. The second kappa shape index (κ2) is 7.47. The Morgan fingerprint density at radius 3 is 2.62 bits per heavy atom. The van der Waals surface area contributed by atoms with Gasteiger partial charge in [-0.2, -0.15) is 4.31 Å². The third-order valence-corrected chi connectivity index (χ3v) is 8.66. The van der Waals surface area contributed by atoms with Crippen molar-refractivity contribution in [2.75, 3.05) is 13.1 Å². The average Bonchev–Trinajstić information content (AvgIpc) is 3.29. The fraction of sp³-hybridized carbons (Fsp3) is 0.619. The molecule has 1 aromatic carbocycles. The summed E-state index contributed by atoms with van der Waals surface area (Å²) in [5, 5.41) is 8.55. The van der Waals surface area contributed by atoms with E-state index in [0.29, 0.717) is 18.7 Å². The zero-order chi connectivity index (χ0) is 20.8. The highest BCUT2D eigenvalue weighted by molar-refractivity contribution is 7.89. The standard InChI is InChI=1S/C21H29FN4O2S/c1-15(2)26-14-23-24-20(26)18-12-25(13-21(18)9-5-4-6-10-21)29(27,28)19-11-17(22)8-7-16(19)3/h7-8,11,14-15,18H,4-6,9-10,12-13H2,1-3H3. The Kier molecular flexibility index (Phi) is 5.27. The molecule has 2 heterocycles. The number of nitrogens with zero attached hydrogens (tertiary/aromatic N) is 4. The van der Waals surface area contributed by atoms with Gasteiger partial charge in [0.1, 0.15) is 18.0 Å². The molecule has 1 saturated heterocycles. The number of halogens is 1. The van der Waals surface area contributed by atoms with Crippen LogP contribution in [0.15, 0.2) is 29.4 Å². The Morgan fingerprint density at radius 1 is 1.21 bits per heavy atom. The number of aromatic nitrogens is 3. The number of sulfonamides is 1. The lowest BCUT2D eigenvalue weighted by Gasteiger charge is -2.38. The van der Waals surface area contributed by atoms with Gasteiger partial charge in [-0.3, -0.25) is 0 Å². The van der Waals surface area contributed by atoms with E-state index < -0.39 is 15.8 Å². The molecule has 4 rings (SSSR count). The minimum atomic E-state index is -3.79. The predicted molar refractivity (Wildman–Crippen MR) is 109 cm³/mol. The van der Waals surface area contributed by atoms with Crippen molar-refractivity contribution in [1.82, 2.24) is 19.1 Å². The average molecular weight is 421 g/mol. The molecular formula is C21H29FN4O2S. The van der Waals surface area contributed by atoms with Gasteiger partial charge in [-0.1, -0.05) is 25.3 Å². The van der Waals surface area contributed by atoms with Crippen LogP contribution in [0.4, 0.5) is 4.39 Å². The Bertz CT molecular complexity index is 996. The van der Waals surface area contributed by atoms with Gasteiger partial charge in [-0.15, -0.1) is 10.2 Å². The van der Waals surface area contributed by atoms with Crippen LogP contribution in [0.3, 0.4) is 0 Å². The summed E-state index contributed by atoms with van der Waals surface area (Å²) in [5.41, 5.74) is 0.435. The highest BCUT2D eigenvalue weighted by Gasteiger charge is 2.52. The molecule has 29 heavy (non-hydrogen) atoms. The van der Waals surface area contributed by atoms with E-state index in [1.54, 1.807) is 17.6 Å². The van der Waals surface area contributed by atoms with Gasteiger partial charge in [-0.25, -0.2) is 12.8 Å². The lowest BCUT2D eigenvalue weighted by molar-refractivity contribution is 0.175. The van der Waals surface area contributed by atoms with Crippen molar-refractivity contribution in [2.24, 2.45) is 5.41 Å². The van der Waals surface area contributed by atoms with E-state index in [-0.39, 0.29) is 22.3 Å². The van der Waals surface area contributed by atoms with Crippen molar-refractivity contribution in [3.05, 3.63) is 41.7 Å². The lowest BCUT2D eigenvalue weighted by atomic mass is 9.67. The van der Waals surface area contributed by atoms with Gasteiger partial charge in [0.15, 0.2) is 0 Å². The number of rotatable bonds is 4. The first kappa shape index (κ1) is 20.5. The zero-order valence-corrected chi connectivity index (χ0v) is 18.1. The quantitative estimate of drug-likeness (QED) is 0.748. The first-order valence-corrected chi connectivity index (χ1v) is 11.8. The monoisotopic (exact) mass is 420 g/mol. The molecule has 0 bridgehead atoms. The third-order valence-electron chi connectivity index (χ3n) is 6.70. The molecule has 2 aromatic rings. The Labute approximate surface area is 172 Å². The third kappa shape index (κ3) is 3.50. The number of benzene rings is 1. The van der Waals surface area contributed by atoms with Crippen LogP contribution in [0.5, 0.6) is 0 Å². The second-order valence-corrected chi connectivity index (χ2v) is 10.8. The van der Waals surface area contributed by atoms with Crippen molar-refractivity contribution in [1.29, 1.82) is 0 Å². The fourth-order valence-corrected chi connectivity index (χ4v) is 6.90. The molecule has 1 saturated carbocycles. The van der Waals surface area contributed by atoms with Crippen LogP contribution in [0, 0.1) is 18.2 Å². The molecule has 0 N–H and O–H groups in total. The molecule has 158 valence electrons. The summed E-state index contributed by atoms with van der Waals surface area (Å²) < 4.78 is 44.4. The Hall–Kier alpha value is -1.80. The summed E-state index contributed by atoms with van der Waals surface area (Å²) >= 11 is 0. The molecule has 0 radical (unpaired) electrons. The van der Waals surface area contributed by atoms with Gasteiger partial charge in [0.05, 0.1) is 4.90 Å². The maximum atomic E-state index is 13.8. The second-order valence-electron chi connectivity index (χ2n) is 8.87. The van der Waals surface area contributed by atoms with Crippen molar-refractivity contribution in [3.8, 4) is 0 Å². The van der Waals surface area contributed by atoms with Crippen LogP contribution in [-0.2, 0) is 10.0 Å². The molecule has 1 aliphatic carbocycles. The maximum absolute atomic E-state index is 13.8. The molecule has 6 nitrogen and oxygen atoms in total. The van der Waals surface area contributed by atoms with Crippen molar-refractivity contribution >= 4 is 10.0 Å². The van der Waals surface area contributed by atoms with Crippen molar-refractivity contribution < 1.29 is 12.8 Å². The highest BCUT2D eigenvalue weighted by atomic mass is 32.2. The molecular weight excluding hydrogens is 391 g/mol. The van der Waals surface area contributed by atoms with Crippen LogP contribution in [0.2, 0.25) is 0 Å². The van der Waals surface area contributed by atoms with E-state index in [0.717, 1.165) is 37.6 Å². The molecule has 2 aliphatic rings. The summed E-state index contributed by atoms with van der Waals surface area (Å²) in [7, 11) is -3.79. The molecule has 1 aliphatic heterocycles. The smallest absolute Gasteiger partial charge is 0.243 e. The summed E-state index contributed by atoms with van der Waals surface area (Å²) in [4.78, 5) is 0.0643. The molecule has 1 atom stereocenters. The zero-order valence-electron chi connectivity index (χ0n) is 17.3. The molecule has 1 spiro atoms. The topological polar surface area (TPSA) is 68.1 Å². The van der Waals surface area contributed by atoms with Gasteiger partial charge in [0.25, 0.3) is 0 Å². The fourth-order valence-electron chi connectivity index (χ4n) is 5.11. The van der Waals surface area contributed by atoms with E-state index in [1.165, 1.54) is 18.6 Å². The van der Waals surface area contributed by atoms with Gasteiger partial charge in [0, 0.05) is 25.0 Å². The number of aryl methyl sites for hydroxylation is 1. The highest BCUT2D eigenvalue weighted by Crippen LogP contribution is 2.53. The van der Waals surface area contributed by atoms with Gasteiger partial charge >= 0.3 is 0 Å². The van der Waals surface area contributed by atoms with E-state index in [9.17, 15) is 12.8 Å². The van der Waals surface area contributed by atoms with E-state index in [1.807, 2.05) is 0 Å². The molecule has 1 aromatic heterocycles. The van der Waals surface area contributed by atoms with E-state index in [2.05, 4.69) is 28.6 Å². The van der Waals surface area contributed by atoms with Crippen LogP contribution < -0.4 is 0 Å².